The molecule has 0 aromatic heterocycles. The van der Waals surface area contributed by atoms with E-state index >= 15 is 0 Å². The number of hydrogen-bond acceptors (Lipinski definition) is 5. The molecule has 6 bridgehead atoms. The summed E-state index contributed by atoms with van der Waals surface area (Å²) >= 11 is 0. The zero-order valence-corrected chi connectivity index (χ0v) is 35.7. The second kappa shape index (κ2) is 16.2. The van der Waals surface area contributed by atoms with E-state index in [4.69, 9.17) is 4.74 Å². The minimum absolute atomic E-state index is 0.0176. The number of aliphatic hydroxyl groups is 2. The average Bonchev–Trinajstić information content (AvgIpc) is 3.41. The van der Waals surface area contributed by atoms with Gasteiger partial charge in [0.2, 0.25) is 0 Å². The van der Waals surface area contributed by atoms with Gasteiger partial charge in [0, 0.05) is 23.1 Å². The monoisotopic (exact) mass is 778 g/mol. The summed E-state index contributed by atoms with van der Waals surface area (Å²) in [4.78, 5) is 31.5. The van der Waals surface area contributed by atoms with Crippen LogP contribution in [-0.2, 0) is 11.2 Å². The first-order chi connectivity index (χ1) is 27.2. The molecule has 6 fully saturated rings. The summed E-state index contributed by atoms with van der Waals surface area (Å²) in [7, 11) is 0. The minimum Gasteiger partial charge on any atom is -0.446 e. The van der Waals surface area contributed by atoms with Crippen molar-refractivity contribution in [1.29, 1.82) is 0 Å². The summed E-state index contributed by atoms with van der Waals surface area (Å²) in [6.07, 6.45) is 17.0. The summed E-state index contributed by atoms with van der Waals surface area (Å²) in [5, 5.41) is 24.5. The maximum atomic E-state index is 15.0. The van der Waals surface area contributed by atoms with Gasteiger partial charge in [0.25, 0.3) is 0 Å². The van der Waals surface area contributed by atoms with Crippen LogP contribution in [0.4, 0.5) is 4.79 Å². The van der Waals surface area contributed by atoms with E-state index < -0.39 is 17.1 Å². The molecule has 7 atom stereocenters. The van der Waals surface area contributed by atoms with Crippen LogP contribution in [0.1, 0.15) is 164 Å². The normalized spacial score (nSPS) is 37.7. The zero-order valence-electron chi connectivity index (χ0n) is 35.7. The van der Waals surface area contributed by atoms with Crippen molar-refractivity contribution >= 4 is 11.9 Å². The number of ether oxygens (including phenoxy) is 1. The number of amides is 1. The van der Waals surface area contributed by atoms with Gasteiger partial charge >= 0.3 is 6.09 Å². The lowest BCUT2D eigenvalue weighted by atomic mass is 9.49. The van der Waals surface area contributed by atoms with Gasteiger partial charge in [-0.25, -0.2) is 4.79 Å². The van der Waals surface area contributed by atoms with Gasteiger partial charge in [0.05, 0.1) is 18.2 Å². The Morgan fingerprint density at radius 1 is 0.895 bits per heavy atom. The van der Waals surface area contributed by atoms with Crippen LogP contribution >= 0.6 is 0 Å². The van der Waals surface area contributed by atoms with Gasteiger partial charge in [0.1, 0.15) is 6.10 Å². The summed E-state index contributed by atoms with van der Waals surface area (Å²) in [5.41, 5.74) is 2.80. The van der Waals surface area contributed by atoms with E-state index in [1.165, 1.54) is 50.5 Å². The Morgan fingerprint density at radius 2 is 1.60 bits per heavy atom. The molecule has 6 heteroatoms. The third kappa shape index (κ3) is 8.30. The molecular weight excluding hydrogens is 707 g/mol. The highest BCUT2D eigenvalue weighted by molar-refractivity contribution is 6.10. The van der Waals surface area contributed by atoms with Gasteiger partial charge in [-0.2, -0.15) is 0 Å². The molecule has 0 spiro atoms. The topological polar surface area (TPSA) is 87.1 Å². The lowest BCUT2D eigenvalue weighted by Crippen LogP contribution is -2.58. The van der Waals surface area contributed by atoms with E-state index in [2.05, 4.69) is 52.8 Å². The SMILES string of the molecule is CC1=CCC[C@@]2(C)[C@@H](CC[C@@]2(O)CN(CC23CC4CC(CC(C4)C2)C3)C(=O)O[C@H]2C[C@@H](C)CC[C@@H]2C(C)C)c2ccc(cc2C(=O)c2ccccc2)C[C@@H](O)CC1. The number of aliphatic hydroxyl groups excluding tert-OH is 1. The quantitative estimate of drug-likeness (QED) is 0.206. The van der Waals surface area contributed by atoms with Crippen molar-refractivity contribution in [3.63, 3.8) is 0 Å². The van der Waals surface area contributed by atoms with Crippen molar-refractivity contribution in [2.45, 2.75) is 161 Å². The maximum Gasteiger partial charge on any atom is 0.410 e. The van der Waals surface area contributed by atoms with E-state index in [-0.39, 0.29) is 35.9 Å². The fourth-order valence-electron chi connectivity index (χ4n) is 13.8. The standard InChI is InChI=1S/C51H71NO5/c1-33(2)42-17-14-35(4)22-46(42)57-48(55)52(31-50-28-37-23-38(29-50)25-39(24-37)30-50)32-51(56)21-19-45-43-18-15-36(27-44(43)47(54)40-11-7-6-8-12-40)26-41(53)16-13-34(3)10-9-20-49(45,51)5/h6-8,10-12,15,18,27,33,35,37-39,41-42,45-46,53,56H,9,13-14,16-17,19-26,28-32H2,1-5H3/t35-,37?,38?,39?,41-,42+,45-,46-,49-,50?,51+/m0/s1. The molecular formula is C51H71NO5. The van der Waals surface area contributed by atoms with Crippen molar-refractivity contribution in [2.24, 2.45) is 46.3 Å². The third-order valence-electron chi connectivity index (χ3n) is 16.6. The lowest BCUT2D eigenvalue weighted by molar-refractivity contribution is -0.108. The Labute approximate surface area is 343 Å². The molecule has 8 aliphatic carbocycles. The first-order valence-electron chi connectivity index (χ1n) is 23.0. The van der Waals surface area contributed by atoms with Crippen molar-refractivity contribution < 1.29 is 24.5 Å². The van der Waals surface area contributed by atoms with E-state index in [0.717, 1.165) is 67.4 Å². The van der Waals surface area contributed by atoms with Crippen LogP contribution < -0.4 is 0 Å². The lowest BCUT2D eigenvalue weighted by Gasteiger charge is -2.58. The molecule has 0 radical (unpaired) electrons. The molecule has 10 rings (SSSR count). The number of fused-ring (bicyclic) bond motifs is 8. The summed E-state index contributed by atoms with van der Waals surface area (Å²) in [5.74, 6) is 3.48. The molecule has 0 heterocycles. The molecule has 0 saturated heterocycles. The highest BCUT2D eigenvalue weighted by Crippen LogP contribution is 2.62. The number of carbonyl (C=O) groups excluding carboxylic acids is 2. The van der Waals surface area contributed by atoms with Gasteiger partial charge in [-0.3, -0.25) is 4.79 Å². The number of ketones is 1. The highest BCUT2D eigenvalue weighted by Gasteiger charge is 2.59. The molecule has 310 valence electrons. The fraction of sp³-hybridized carbons (Fsp3) is 0.686. The maximum absolute atomic E-state index is 15.0. The summed E-state index contributed by atoms with van der Waals surface area (Å²) in [6.45, 7) is 12.2. The summed E-state index contributed by atoms with van der Waals surface area (Å²) < 4.78 is 6.72. The van der Waals surface area contributed by atoms with Gasteiger partial charge in [0.15, 0.2) is 5.78 Å². The number of carbonyl (C=O) groups is 2. The second-order valence-corrected chi connectivity index (χ2v) is 21.2. The van der Waals surface area contributed by atoms with Crippen LogP contribution in [0.3, 0.4) is 0 Å². The number of rotatable bonds is 8. The smallest absolute Gasteiger partial charge is 0.410 e. The van der Waals surface area contributed by atoms with E-state index in [9.17, 15) is 19.8 Å². The first kappa shape index (κ1) is 40.8. The molecule has 6 nitrogen and oxygen atoms in total. The number of allylic oxidation sites excluding steroid dienone is 2. The third-order valence-corrected chi connectivity index (χ3v) is 16.6. The highest BCUT2D eigenvalue weighted by atomic mass is 16.6. The Hall–Kier alpha value is -2.96. The van der Waals surface area contributed by atoms with Crippen LogP contribution in [0, 0.1) is 46.3 Å². The molecule has 2 aromatic carbocycles. The molecule has 2 aromatic rings. The van der Waals surface area contributed by atoms with Gasteiger partial charge < -0.3 is 19.8 Å². The van der Waals surface area contributed by atoms with Crippen molar-refractivity contribution in [3.05, 3.63) is 82.4 Å². The fourth-order valence-corrected chi connectivity index (χ4v) is 13.8. The van der Waals surface area contributed by atoms with Crippen LogP contribution in [0.15, 0.2) is 60.2 Å². The Balaban J connectivity index is 1.17. The van der Waals surface area contributed by atoms with Crippen molar-refractivity contribution in [3.8, 4) is 0 Å². The zero-order chi connectivity index (χ0) is 40.1. The number of benzene rings is 2. The molecule has 57 heavy (non-hydrogen) atoms. The van der Waals surface area contributed by atoms with E-state index in [0.29, 0.717) is 54.7 Å². The molecule has 8 aliphatic rings. The Bertz CT molecular complexity index is 1760. The second-order valence-electron chi connectivity index (χ2n) is 21.2. The molecule has 6 saturated carbocycles. The van der Waals surface area contributed by atoms with Crippen LogP contribution in [0.25, 0.3) is 0 Å². The van der Waals surface area contributed by atoms with Crippen LogP contribution in [-0.4, -0.2) is 57.9 Å². The van der Waals surface area contributed by atoms with Crippen LogP contribution in [0.5, 0.6) is 0 Å². The minimum atomic E-state index is -1.18. The van der Waals surface area contributed by atoms with E-state index in [1.807, 2.05) is 41.3 Å². The van der Waals surface area contributed by atoms with Crippen molar-refractivity contribution in [1.82, 2.24) is 4.90 Å². The van der Waals surface area contributed by atoms with Gasteiger partial charge in [-0.05, 0) is 167 Å². The molecule has 1 amide bonds. The van der Waals surface area contributed by atoms with Crippen LogP contribution in [0.2, 0.25) is 0 Å². The predicted octanol–water partition coefficient (Wildman–Crippen LogP) is 11.1. The molecule has 0 unspecified atom stereocenters. The average molecular weight is 778 g/mol. The van der Waals surface area contributed by atoms with Gasteiger partial charge in [-0.15, -0.1) is 0 Å². The van der Waals surface area contributed by atoms with Crippen molar-refractivity contribution in [2.75, 3.05) is 13.1 Å². The molecule has 0 aliphatic heterocycles. The van der Waals surface area contributed by atoms with E-state index in [1.54, 1.807) is 0 Å². The predicted molar refractivity (Wildman–Crippen MR) is 227 cm³/mol. The molecule has 2 N–H and O–H groups in total. The Kier molecular flexibility index (Phi) is 11.6. The first-order valence-corrected chi connectivity index (χ1v) is 23.0. The summed E-state index contributed by atoms with van der Waals surface area (Å²) in [6, 6.07) is 15.8. The largest absolute Gasteiger partial charge is 0.446 e. The number of hydrogen-bond donors (Lipinski definition) is 2. The number of nitrogens with zero attached hydrogens (tertiary/aromatic N) is 1. The Morgan fingerprint density at radius 3 is 2.28 bits per heavy atom. The van der Waals surface area contributed by atoms with Gasteiger partial charge in [-0.1, -0.05) is 88.2 Å².